The van der Waals surface area contributed by atoms with E-state index in [0.29, 0.717) is 3.70 Å². The molecule has 0 radical (unpaired) electrons. The summed E-state index contributed by atoms with van der Waals surface area (Å²) in [6.07, 6.45) is 4.57. The summed E-state index contributed by atoms with van der Waals surface area (Å²) in [6.45, 7) is 6.16. The van der Waals surface area contributed by atoms with Crippen LogP contribution in [0, 0.1) is 3.70 Å². The van der Waals surface area contributed by atoms with Gasteiger partial charge in [-0.05, 0) is 42.4 Å². The molecule has 1 aromatic rings. The van der Waals surface area contributed by atoms with E-state index in [2.05, 4.69) is 18.9 Å². The highest BCUT2D eigenvalue weighted by atomic mass is 127. The molecular formula is C17H28F3IN2. The fourth-order valence-corrected chi connectivity index (χ4v) is 3.48. The number of hydrogen-bond acceptors (Lipinski definition) is 1. The molecular weight excluding hydrogens is 416 g/mol. The number of alkyl halides is 3. The van der Waals surface area contributed by atoms with Gasteiger partial charge < -0.3 is 0 Å². The predicted octanol–water partition coefficient (Wildman–Crippen LogP) is 6.77. The average Bonchev–Trinajstić information content (AvgIpc) is 2.88. The molecule has 1 heterocycles. The number of hydrogen-bond donors (Lipinski definition) is 0. The van der Waals surface area contributed by atoms with Gasteiger partial charge in [0.1, 0.15) is 9.39 Å². The lowest BCUT2D eigenvalue weighted by Crippen LogP contribution is -2.35. The van der Waals surface area contributed by atoms with Crippen LogP contribution in [-0.4, -0.2) is 9.78 Å². The Morgan fingerprint density at radius 1 is 1.00 bits per heavy atom. The molecule has 0 aliphatic rings. The van der Waals surface area contributed by atoms with E-state index in [9.17, 15) is 13.2 Å². The molecule has 1 unspecified atom stereocenters. The zero-order valence-electron chi connectivity index (χ0n) is 14.3. The molecule has 1 aromatic heterocycles. The lowest BCUT2D eigenvalue weighted by atomic mass is 9.88. The van der Waals surface area contributed by atoms with Gasteiger partial charge in [0.25, 0.3) is 0 Å². The Hall–Kier alpha value is -0.270. The minimum absolute atomic E-state index is 0.406. The number of nitrogens with zero attached hydrogens (tertiary/aromatic N) is 2. The van der Waals surface area contributed by atoms with Crippen molar-refractivity contribution in [2.24, 2.45) is 0 Å². The Morgan fingerprint density at radius 2 is 1.57 bits per heavy atom. The first-order chi connectivity index (χ1) is 10.7. The van der Waals surface area contributed by atoms with Crippen molar-refractivity contribution in [1.29, 1.82) is 0 Å². The fraction of sp³-hybridized carbons (Fsp3) is 0.824. The molecule has 0 aliphatic carbocycles. The van der Waals surface area contributed by atoms with E-state index in [1.54, 1.807) is 0 Å². The first-order valence-corrected chi connectivity index (χ1v) is 9.65. The van der Waals surface area contributed by atoms with Crippen molar-refractivity contribution >= 4 is 22.6 Å². The number of aromatic nitrogens is 2. The second kappa shape index (κ2) is 9.28. The predicted molar refractivity (Wildman–Crippen MR) is 96.5 cm³/mol. The van der Waals surface area contributed by atoms with E-state index >= 15 is 0 Å². The van der Waals surface area contributed by atoms with Crippen molar-refractivity contribution in [3.05, 3.63) is 15.5 Å². The molecule has 23 heavy (non-hydrogen) atoms. The van der Waals surface area contributed by atoms with Crippen LogP contribution in [0.15, 0.2) is 6.07 Å². The van der Waals surface area contributed by atoms with Gasteiger partial charge >= 0.3 is 6.18 Å². The van der Waals surface area contributed by atoms with Crippen molar-refractivity contribution in [2.75, 3.05) is 0 Å². The quantitative estimate of drug-likeness (QED) is 0.288. The standard InChI is InChI=1S/C17H28F3IN2/c1-4-6-8-9-10-12-16(3,11-7-5-2)23-14(17(18,19)20)13-15(21)22-23/h13H,4-12H2,1-3H3. The van der Waals surface area contributed by atoms with Crippen LogP contribution in [-0.2, 0) is 11.7 Å². The largest absolute Gasteiger partial charge is 0.433 e. The molecule has 0 bridgehead atoms. The summed E-state index contributed by atoms with van der Waals surface area (Å²) >= 11 is 1.87. The normalized spacial score (nSPS) is 14.9. The highest BCUT2D eigenvalue weighted by Crippen LogP contribution is 2.37. The van der Waals surface area contributed by atoms with Crippen molar-refractivity contribution in [3.63, 3.8) is 0 Å². The van der Waals surface area contributed by atoms with Crippen molar-refractivity contribution in [1.82, 2.24) is 9.78 Å². The zero-order valence-corrected chi connectivity index (χ0v) is 16.5. The summed E-state index contributed by atoms with van der Waals surface area (Å²) < 4.78 is 41.7. The summed E-state index contributed by atoms with van der Waals surface area (Å²) in [5, 5.41) is 4.20. The molecule has 0 amide bonds. The van der Waals surface area contributed by atoms with Gasteiger partial charge in [-0.25, -0.2) is 0 Å². The maximum Gasteiger partial charge on any atom is 0.433 e. The van der Waals surface area contributed by atoms with Crippen molar-refractivity contribution in [2.45, 2.75) is 90.3 Å². The van der Waals surface area contributed by atoms with Gasteiger partial charge in [0.15, 0.2) is 0 Å². The zero-order chi connectivity index (χ0) is 17.5. The van der Waals surface area contributed by atoms with Crippen LogP contribution in [0.25, 0.3) is 0 Å². The second-order valence-electron chi connectivity index (χ2n) is 6.53. The van der Waals surface area contributed by atoms with Gasteiger partial charge in [-0.3, -0.25) is 4.68 Å². The number of rotatable bonds is 10. The lowest BCUT2D eigenvalue weighted by Gasteiger charge is -2.32. The van der Waals surface area contributed by atoms with Gasteiger partial charge in [-0.2, -0.15) is 18.3 Å². The highest BCUT2D eigenvalue weighted by Gasteiger charge is 2.40. The average molecular weight is 444 g/mol. The minimum Gasteiger partial charge on any atom is -0.254 e. The summed E-state index contributed by atoms with van der Waals surface area (Å²) in [5.74, 6) is 0. The summed E-state index contributed by atoms with van der Waals surface area (Å²) in [5.41, 5.74) is -1.18. The van der Waals surface area contributed by atoms with Gasteiger partial charge in [-0.15, -0.1) is 0 Å². The van der Waals surface area contributed by atoms with E-state index in [1.165, 1.54) is 17.5 Å². The van der Waals surface area contributed by atoms with Gasteiger partial charge in [-0.1, -0.05) is 58.8 Å². The molecule has 0 fully saturated rings. The molecule has 2 nitrogen and oxygen atoms in total. The van der Waals surface area contributed by atoms with Crippen LogP contribution >= 0.6 is 22.6 Å². The van der Waals surface area contributed by atoms with Crippen molar-refractivity contribution < 1.29 is 13.2 Å². The topological polar surface area (TPSA) is 17.8 Å². The molecule has 0 aromatic carbocycles. The highest BCUT2D eigenvalue weighted by molar-refractivity contribution is 14.1. The van der Waals surface area contributed by atoms with E-state index in [-0.39, 0.29) is 0 Å². The molecule has 0 spiro atoms. The SMILES string of the molecule is CCCCCCCC(C)(CCCC)n1nc(I)cc1C(F)(F)F. The summed E-state index contributed by atoms with van der Waals surface area (Å²) in [7, 11) is 0. The minimum atomic E-state index is -4.36. The molecule has 0 saturated carbocycles. The Bertz CT molecular complexity index is 471. The maximum absolute atomic E-state index is 13.3. The molecule has 134 valence electrons. The molecule has 0 aliphatic heterocycles. The molecule has 0 N–H and O–H groups in total. The van der Waals surface area contributed by atoms with Crippen LogP contribution in [0.5, 0.6) is 0 Å². The molecule has 0 saturated heterocycles. The molecule has 1 rings (SSSR count). The van der Waals surface area contributed by atoms with Crippen LogP contribution in [0.4, 0.5) is 13.2 Å². The Balaban J connectivity index is 2.96. The van der Waals surface area contributed by atoms with Crippen LogP contribution in [0.3, 0.4) is 0 Å². The third-order valence-corrected chi connectivity index (χ3v) is 4.90. The monoisotopic (exact) mass is 444 g/mol. The molecule has 1 atom stereocenters. The Labute approximate surface area is 151 Å². The maximum atomic E-state index is 13.3. The first kappa shape index (κ1) is 20.8. The fourth-order valence-electron chi connectivity index (χ4n) is 2.97. The third kappa shape index (κ3) is 6.27. The van der Waals surface area contributed by atoms with E-state index in [1.807, 2.05) is 29.5 Å². The van der Waals surface area contributed by atoms with Crippen LogP contribution < -0.4 is 0 Å². The number of halogens is 4. The van der Waals surface area contributed by atoms with Gasteiger partial charge in [0, 0.05) is 6.07 Å². The Kier molecular flexibility index (Phi) is 8.38. The van der Waals surface area contributed by atoms with Crippen LogP contribution in [0.1, 0.15) is 84.3 Å². The Morgan fingerprint density at radius 3 is 2.13 bits per heavy atom. The third-order valence-electron chi connectivity index (χ3n) is 4.37. The molecule has 6 heteroatoms. The van der Waals surface area contributed by atoms with E-state index < -0.39 is 17.4 Å². The van der Waals surface area contributed by atoms with Gasteiger partial charge in [0.2, 0.25) is 0 Å². The second-order valence-corrected chi connectivity index (χ2v) is 7.63. The smallest absolute Gasteiger partial charge is 0.254 e. The first-order valence-electron chi connectivity index (χ1n) is 8.58. The van der Waals surface area contributed by atoms with E-state index in [4.69, 9.17) is 0 Å². The van der Waals surface area contributed by atoms with Crippen molar-refractivity contribution in [3.8, 4) is 0 Å². The summed E-state index contributed by atoms with van der Waals surface area (Å²) in [6, 6.07) is 1.15. The van der Waals surface area contributed by atoms with E-state index in [0.717, 1.165) is 51.0 Å². The lowest BCUT2D eigenvalue weighted by molar-refractivity contribution is -0.146. The van der Waals surface area contributed by atoms with Crippen LogP contribution in [0.2, 0.25) is 0 Å². The van der Waals surface area contributed by atoms with Gasteiger partial charge in [0.05, 0.1) is 5.54 Å². The number of unbranched alkanes of at least 4 members (excludes halogenated alkanes) is 5. The summed E-state index contributed by atoms with van der Waals surface area (Å²) in [4.78, 5) is 0.